The molecule has 0 radical (unpaired) electrons. The third-order valence-corrected chi connectivity index (χ3v) is 2.78. The average molecular weight is 330 g/mol. The topological polar surface area (TPSA) is 98.7 Å². The van der Waals surface area contributed by atoms with Crippen LogP contribution in [0.4, 0.5) is 0 Å². The number of nitrogens with zero attached hydrogens (tertiary/aromatic N) is 1. The molecule has 0 spiro atoms. The van der Waals surface area contributed by atoms with Gasteiger partial charge in [0.25, 0.3) is 0 Å². The van der Waals surface area contributed by atoms with E-state index < -0.39 is 11.8 Å². The van der Waals surface area contributed by atoms with E-state index in [0.717, 1.165) is 4.47 Å². The Hall–Kier alpha value is -1.60. The number of halogens is 1. The SMILES string of the molecule is NC(=O)CN(CCOc1ccc(Br)cc1)CC(N)=O. The van der Waals surface area contributed by atoms with Crippen molar-refractivity contribution >= 4 is 27.7 Å². The zero-order valence-corrected chi connectivity index (χ0v) is 11.9. The zero-order valence-electron chi connectivity index (χ0n) is 10.3. The average Bonchev–Trinajstić information content (AvgIpc) is 2.30. The van der Waals surface area contributed by atoms with Gasteiger partial charge in [-0.3, -0.25) is 14.5 Å². The number of primary amides is 2. The third kappa shape index (κ3) is 6.78. The van der Waals surface area contributed by atoms with Crippen LogP contribution in [0.1, 0.15) is 0 Å². The minimum atomic E-state index is -0.509. The third-order valence-electron chi connectivity index (χ3n) is 2.25. The predicted octanol–water partition coefficient (Wildman–Crippen LogP) is 0.100. The lowest BCUT2D eigenvalue weighted by Crippen LogP contribution is -2.41. The van der Waals surface area contributed by atoms with E-state index in [2.05, 4.69) is 15.9 Å². The van der Waals surface area contributed by atoms with Crippen LogP contribution in [0, 0.1) is 0 Å². The van der Waals surface area contributed by atoms with Gasteiger partial charge < -0.3 is 16.2 Å². The van der Waals surface area contributed by atoms with Gasteiger partial charge >= 0.3 is 0 Å². The van der Waals surface area contributed by atoms with Gasteiger partial charge in [-0.15, -0.1) is 0 Å². The van der Waals surface area contributed by atoms with Gasteiger partial charge in [-0.2, -0.15) is 0 Å². The summed E-state index contributed by atoms with van der Waals surface area (Å²) in [4.78, 5) is 23.2. The molecule has 0 bridgehead atoms. The van der Waals surface area contributed by atoms with E-state index in [9.17, 15) is 9.59 Å². The fourth-order valence-corrected chi connectivity index (χ4v) is 1.74. The van der Waals surface area contributed by atoms with Gasteiger partial charge in [-0.05, 0) is 24.3 Å². The summed E-state index contributed by atoms with van der Waals surface area (Å²) in [6.45, 7) is 0.684. The molecule has 0 aliphatic rings. The van der Waals surface area contributed by atoms with Gasteiger partial charge in [0.05, 0.1) is 13.1 Å². The lowest BCUT2D eigenvalue weighted by Gasteiger charge is -2.18. The van der Waals surface area contributed by atoms with E-state index in [1.807, 2.05) is 24.3 Å². The van der Waals surface area contributed by atoms with Gasteiger partial charge in [0, 0.05) is 11.0 Å². The first-order chi connectivity index (χ1) is 8.97. The van der Waals surface area contributed by atoms with E-state index in [-0.39, 0.29) is 13.1 Å². The summed E-state index contributed by atoms with van der Waals surface area (Å²) in [5, 5.41) is 0. The largest absolute Gasteiger partial charge is 0.492 e. The van der Waals surface area contributed by atoms with Crippen molar-refractivity contribution in [1.29, 1.82) is 0 Å². The number of amides is 2. The summed E-state index contributed by atoms with van der Waals surface area (Å²) >= 11 is 3.32. The lowest BCUT2D eigenvalue weighted by atomic mass is 10.3. The molecule has 19 heavy (non-hydrogen) atoms. The number of nitrogens with two attached hydrogens (primary N) is 2. The van der Waals surface area contributed by atoms with Gasteiger partial charge in [0.1, 0.15) is 12.4 Å². The Bertz CT molecular complexity index is 420. The molecule has 1 rings (SSSR count). The lowest BCUT2D eigenvalue weighted by molar-refractivity contribution is -0.122. The quantitative estimate of drug-likeness (QED) is 0.706. The molecule has 6 nitrogen and oxygen atoms in total. The molecule has 0 aliphatic heterocycles. The van der Waals surface area contributed by atoms with Crippen molar-refractivity contribution in [2.24, 2.45) is 11.5 Å². The zero-order chi connectivity index (χ0) is 14.3. The second-order valence-electron chi connectivity index (χ2n) is 3.95. The van der Waals surface area contributed by atoms with Crippen LogP contribution in [-0.4, -0.2) is 43.0 Å². The number of carbonyl (C=O) groups excluding carboxylic acids is 2. The second kappa shape index (κ2) is 7.75. The fourth-order valence-electron chi connectivity index (χ4n) is 1.48. The second-order valence-corrected chi connectivity index (χ2v) is 4.86. The normalized spacial score (nSPS) is 10.4. The maximum Gasteiger partial charge on any atom is 0.231 e. The molecule has 104 valence electrons. The maximum atomic E-state index is 10.8. The summed E-state index contributed by atoms with van der Waals surface area (Å²) in [7, 11) is 0. The molecular formula is C12H16BrN3O3. The highest BCUT2D eigenvalue weighted by Gasteiger charge is 2.11. The molecule has 0 heterocycles. The van der Waals surface area contributed by atoms with Crippen LogP contribution in [0.5, 0.6) is 5.75 Å². The Morgan fingerprint density at radius 2 is 1.63 bits per heavy atom. The molecular weight excluding hydrogens is 314 g/mol. The summed E-state index contributed by atoms with van der Waals surface area (Å²) in [5.74, 6) is -0.309. The van der Waals surface area contributed by atoms with Gasteiger partial charge in [-0.25, -0.2) is 0 Å². The van der Waals surface area contributed by atoms with Crippen molar-refractivity contribution in [3.63, 3.8) is 0 Å². The van der Waals surface area contributed by atoms with Gasteiger partial charge in [0.2, 0.25) is 11.8 Å². The van der Waals surface area contributed by atoms with Crippen LogP contribution in [0.25, 0.3) is 0 Å². The van der Waals surface area contributed by atoms with Crippen LogP contribution >= 0.6 is 15.9 Å². The van der Waals surface area contributed by atoms with Gasteiger partial charge in [0.15, 0.2) is 0 Å². The predicted molar refractivity (Wildman–Crippen MR) is 74.5 cm³/mol. The van der Waals surface area contributed by atoms with E-state index >= 15 is 0 Å². The fraction of sp³-hybridized carbons (Fsp3) is 0.333. The first-order valence-corrected chi connectivity index (χ1v) is 6.44. The molecule has 0 atom stereocenters. The Balaban J connectivity index is 2.40. The molecule has 1 aromatic carbocycles. The van der Waals surface area contributed by atoms with E-state index in [1.165, 1.54) is 0 Å². The van der Waals surface area contributed by atoms with Crippen LogP contribution in [-0.2, 0) is 9.59 Å². The molecule has 0 fully saturated rings. The van der Waals surface area contributed by atoms with Crippen LogP contribution in [0.3, 0.4) is 0 Å². The van der Waals surface area contributed by atoms with Crippen molar-refractivity contribution < 1.29 is 14.3 Å². The number of benzene rings is 1. The van der Waals surface area contributed by atoms with Crippen LogP contribution in [0.15, 0.2) is 28.7 Å². The molecule has 0 unspecified atom stereocenters. The van der Waals surface area contributed by atoms with Crippen molar-refractivity contribution in [3.05, 3.63) is 28.7 Å². The van der Waals surface area contributed by atoms with Crippen molar-refractivity contribution in [3.8, 4) is 5.75 Å². The van der Waals surface area contributed by atoms with E-state index in [1.54, 1.807) is 4.90 Å². The van der Waals surface area contributed by atoms with Crippen LogP contribution < -0.4 is 16.2 Å². The van der Waals surface area contributed by atoms with E-state index in [0.29, 0.717) is 18.9 Å². The first kappa shape index (κ1) is 15.5. The van der Waals surface area contributed by atoms with Crippen molar-refractivity contribution in [2.75, 3.05) is 26.2 Å². The number of rotatable bonds is 8. The Kier molecular flexibility index (Phi) is 6.31. The molecule has 1 aromatic rings. The van der Waals surface area contributed by atoms with Crippen molar-refractivity contribution in [1.82, 2.24) is 4.90 Å². The molecule has 2 amide bonds. The van der Waals surface area contributed by atoms with Gasteiger partial charge in [-0.1, -0.05) is 15.9 Å². The number of hydrogen-bond donors (Lipinski definition) is 2. The Morgan fingerprint density at radius 1 is 1.11 bits per heavy atom. The highest BCUT2D eigenvalue weighted by Crippen LogP contribution is 2.15. The molecule has 0 saturated carbocycles. The number of ether oxygens (including phenoxy) is 1. The molecule has 4 N–H and O–H groups in total. The maximum absolute atomic E-state index is 10.8. The monoisotopic (exact) mass is 329 g/mol. The minimum Gasteiger partial charge on any atom is -0.492 e. The van der Waals surface area contributed by atoms with Crippen LogP contribution in [0.2, 0.25) is 0 Å². The Morgan fingerprint density at radius 3 is 2.11 bits per heavy atom. The highest BCUT2D eigenvalue weighted by atomic mass is 79.9. The summed E-state index contributed by atoms with van der Waals surface area (Å²) < 4.78 is 6.45. The summed E-state index contributed by atoms with van der Waals surface area (Å²) in [5.41, 5.74) is 10.2. The smallest absolute Gasteiger partial charge is 0.231 e. The molecule has 0 aromatic heterocycles. The molecule has 0 saturated heterocycles. The minimum absolute atomic E-state index is 0.0212. The number of carbonyl (C=O) groups is 2. The highest BCUT2D eigenvalue weighted by molar-refractivity contribution is 9.10. The Labute approximate surface area is 119 Å². The van der Waals surface area contributed by atoms with Crippen molar-refractivity contribution in [2.45, 2.75) is 0 Å². The number of hydrogen-bond acceptors (Lipinski definition) is 4. The standard InChI is InChI=1S/C12H16BrN3O3/c13-9-1-3-10(4-2-9)19-6-5-16(7-11(14)17)8-12(15)18/h1-4H,5-8H2,(H2,14,17)(H2,15,18). The summed E-state index contributed by atoms with van der Waals surface area (Å²) in [6, 6.07) is 7.35. The molecule has 0 aliphatic carbocycles. The summed E-state index contributed by atoms with van der Waals surface area (Å²) in [6.07, 6.45) is 0. The van der Waals surface area contributed by atoms with E-state index in [4.69, 9.17) is 16.2 Å². The molecule has 7 heteroatoms. The first-order valence-electron chi connectivity index (χ1n) is 5.64.